The maximum atomic E-state index is 12.7. The first-order valence-corrected chi connectivity index (χ1v) is 8.32. The van der Waals surface area contributed by atoms with Gasteiger partial charge in [-0.1, -0.05) is 12.2 Å². The normalized spacial score (nSPS) is 47.7. The van der Waals surface area contributed by atoms with Crippen LogP contribution in [0.5, 0.6) is 0 Å². The zero-order valence-corrected chi connectivity index (χ0v) is 12.9. The van der Waals surface area contributed by atoms with Crippen molar-refractivity contribution < 1.29 is 4.74 Å². The van der Waals surface area contributed by atoms with Gasteiger partial charge in [-0.3, -0.25) is 4.99 Å². The summed E-state index contributed by atoms with van der Waals surface area (Å²) in [5.41, 5.74) is -0.702. The van der Waals surface area contributed by atoms with Gasteiger partial charge in [0.25, 0.3) is 0 Å². The predicted molar refractivity (Wildman–Crippen MR) is 81.8 cm³/mol. The maximum Gasteiger partial charge on any atom is 0.347 e. The van der Waals surface area contributed by atoms with Gasteiger partial charge in [-0.2, -0.15) is 0 Å². The highest BCUT2D eigenvalue weighted by Crippen LogP contribution is 2.72. The molecule has 3 unspecified atom stereocenters. The molecule has 1 saturated carbocycles. The van der Waals surface area contributed by atoms with E-state index in [4.69, 9.17) is 9.73 Å². The number of aliphatic imine (C=N–C) groups is 1. The molecule has 4 bridgehead atoms. The quantitative estimate of drug-likeness (QED) is 0.627. The third kappa shape index (κ3) is 0.978. The van der Waals surface area contributed by atoms with Crippen molar-refractivity contribution in [3.63, 3.8) is 0 Å². The van der Waals surface area contributed by atoms with Crippen LogP contribution >= 0.6 is 0 Å². The average Bonchev–Trinajstić information content (AvgIpc) is 3.14. The Morgan fingerprint density at radius 2 is 1.74 bits per heavy atom. The maximum absolute atomic E-state index is 12.7. The minimum absolute atomic E-state index is 0.00806. The summed E-state index contributed by atoms with van der Waals surface area (Å²) in [5.74, 6) is 0.193. The summed E-state index contributed by atoms with van der Waals surface area (Å²) >= 11 is 0. The summed E-state index contributed by atoms with van der Waals surface area (Å²) in [4.78, 5) is 30.2. The molecule has 120 valence electrons. The van der Waals surface area contributed by atoms with Gasteiger partial charge in [-0.15, -0.1) is 0 Å². The van der Waals surface area contributed by atoms with Gasteiger partial charge in [0.1, 0.15) is 0 Å². The van der Waals surface area contributed by atoms with E-state index in [1.165, 1.54) is 4.57 Å². The molecule has 1 aromatic rings. The van der Waals surface area contributed by atoms with E-state index in [-0.39, 0.29) is 46.3 Å². The first kappa shape index (κ1) is 12.5. The van der Waals surface area contributed by atoms with E-state index in [9.17, 15) is 9.59 Å². The van der Waals surface area contributed by atoms with Crippen LogP contribution in [0.15, 0.2) is 26.7 Å². The zero-order valence-electron chi connectivity index (χ0n) is 12.9. The summed E-state index contributed by atoms with van der Waals surface area (Å²) in [6, 6.07) is 0.0608. The van der Waals surface area contributed by atoms with Crippen LogP contribution < -0.4 is 11.4 Å². The Morgan fingerprint density at radius 1 is 1.09 bits per heavy atom. The summed E-state index contributed by atoms with van der Waals surface area (Å²) < 4.78 is 10.8. The molecule has 0 amide bonds. The molecule has 0 spiro atoms. The molecule has 8 rings (SSSR count). The van der Waals surface area contributed by atoms with Crippen LogP contribution in [0.1, 0.15) is 24.9 Å². The number of allylic oxidation sites excluding steroid dienone is 1. The smallest absolute Gasteiger partial charge is 0.347 e. The molecule has 23 heavy (non-hydrogen) atoms. The molecule has 7 aliphatic rings. The van der Waals surface area contributed by atoms with Crippen molar-refractivity contribution in [1.29, 1.82) is 0 Å². The van der Waals surface area contributed by atoms with E-state index < -0.39 is 0 Å². The highest BCUT2D eigenvalue weighted by atomic mass is 16.5. The molecule has 5 aliphatic heterocycles. The van der Waals surface area contributed by atoms with Crippen molar-refractivity contribution in [3.05, 3.63) is 33.1 Å². The van der Waals surface area contributed by atoms with Gasteiger partial charge in [0.15, 0.2) is 0 Å². The van der Waals surface area contributed by atoms with E-state index in [2.05, 4.69) is 18.4 Å². The Balaban J connectivity index is 1.77. The third-order valence-corrected chi connectivity index (χ3v) is 7.27. The first-order chi connectivity index (χ1) is 11.1. The molecule has 6 atom stereocenters. The SMILES string of the molecule is Cn1c(=O)n2n(c1=O)[C@H]1CCC2C23COC[C@]12C1C=C[C@@H]3N=C1. The number of aromatic nitrogens is 3. The lowest BCUT2D eigenvalue weighted by Gasteiger charge is -2.66. The predicted octanol–water partition coefficient (Wildman–Crippen LogP) is -0.120. The minimum Gasteiger partial charge on any atom is -0.380 e. The standard InChI is InChI=1S/C16H18N4O3/c1-18-13(21)19-11-4-5-12(20(19)14(18)22)16-8-23-7-15(11,16)9-2-3-10(16)17-6-9/h2-3,6,9-12H,4-5,7-8H2,1H3/t9?,10-,11-,12?,15-,16?/m0/s1. The van der Waals surface area contributed by atoms with Gasteiger partial charge < -0.3 is 4.74 Å². The molecule has 7 nitrogen and oxygen atoms in total. The third-order valence-electron chi connectivity index (χ3n) is 7.27. The number of nitrogens with zero attached hydrogens (tertiary/aromatic N) is 4. The van der Waals surface area contributed by atoms with E-state index in [1.807, 2.05) is 0 Å². The molecule has 1 saturated heterocycles. The van der Waals surface area contributed by atoms with Gasteiger partial charge in [0.05, 0.1) is 36.8 Å². The molecule has 7 heteroatoms. The second-order valence-electron chi connectivity index (χ2n) is 7.65. The van der Waals surface area contributed by atoms with Crippen LogP contribution in [0.2, 0.25) is 0 Å². The second kappa shape index (κ2) is 3.45. The van der Waals surface area contributed by atoms with Crippen LogP contribution in [0.25, 0.3) is 0 Å². The van der Waals surface area contributed by atoms with Crippen LogP contribution in [0, 0.1) is 16.7 Å². The number of fused-ring (bicyclic) bond motifs is 1. The van der Waals surface area contributed by atoms with E-state index in [1.54, 1.807) is 16.4 Å². The molecule has 0 aromatic carbocycles. The Kier molecular flexibility index (Phi) is 1.88. The van der Waals surface area contributed by atoms with E-state index >= 15 is 0 Å². The summed E-state index contributed by atoms with van der Waals surface area (Å²) in [6.07, 6.45) is 8.33. The lowest BCUT2D eigenvalue weighted by atomic mass is 9.43. The fraction of sp³-hybridized carbons (Fsp3) is 0.688. The zero-order chi connectivity index (χ0) is 15.6. The van der Waals surface area contributed by atoms with Gasteiger partial charge in [-0.05, 0) is 12.8 Å². The Bertz CT molecular complexity index is 837. The number of dihydropyridines is 1. The number of hydrogen-bond acceptors (Lipinski definition) is 4. The van der Waals surface area contributed by atoms with E-state index in [0.717, 1.165) is 12.8 Å². The second-order valence-corrected chi connectivity index (χ2v) is 7.65. The Hall–Kier alpha value is -1.89. The molecule has 0 N–H and O–H groups in total. The van der Waals surface area contributed by atoms with Gasteiger partial charge in [-0.25, -0.2) is 23.5 Å². The minimum atomic E-state index is -0.200. The summed E-state index contributed by atoms with van der Waals surface area (Å²) in [6.45, 7) is 1.29. The largest absolute Gasteiger partial charge is 0.380 e. The van der Waals surface area contributed by atoms with Crippen molar-refractivity contribution >= 4 is 6.21 Å². The highest BCUT2D eigenvalue weighted by Gasteiger charge is 2.76. The lowest BCUT2D eigenvalue weighted by Crippen LogP contribution is -2.71. The van der Waals surface area contributed by atoms with E-state index in [0.29, 0.717) is 13.2 Å². The van der Waals surface area contributed by atoms with Crippen molar-refractivity contribution in [2.75, 3.05) is 13.2 Å². The number of hydrogen-bond donors (Lipinski definition) is 0. The molecule has 2 fully saturated rings. The molecule has 6 heterocycles. The molecular weight excluding hydrogens is 296 g/mol. The Labute approximate surface area is 131 Å². The van der Waals surface area contributed by atoms with Crippen molar-refractivity contribution in [1.82, 2.24) is 13.9 Å². The lowest BCUT2D eigenvalue weighted by molar-refractivity contribution is -0.141. The van der Waals surface area contributed by atoms with Crippen LogP contribution in [0.4, 0.5) is 0 Å². The fourth-order valence-electron chi connectivity index (χ4n) is 6.43. The average molecular weight is 314 g/mol. The van der Waals surface area contributed by atoms with Crippen molar-refractivity contribution in [3.8, 4) is 0 Å². The molecule has 2 aliphatic carbocycles. The van der Waals surface area contributed by atoms with Crippen molar-refractivity contribution in [2.45, 2.75) is 31.0 Å². The molecular formula is C16H18N4O3. The van der Waals surface area contributed by atoms with Gasteiger partial charge in [0.2, 0.25) is 0 Å². The monoisotopic (exact) mass is 314 g/mol. The molecule has 1 aromatic heterocycles. The topological polar surface area (TPSA) is 70.5 Å². The van der Waals surface area contributed by atoms with Crippen LogP contribution in [-0.2, 0) is 11.8 Å². The molecule has 0 radical (unpaired) electrons. The van der Waals surface area contributed by atoms with Crippen molar-refractivity contribution in [2.24, 2.45) is 28.8 Å². The summed E-state index contributed by atoms with van der Waals surface area (Å²) in [5, 5.41) is 0. The van der Waals surface area contributed by atoms with Gasteiger partial charge in [0, 0.05) is 24.6 Å². The van der Waals surface area contributed by atoms with Crippen LogP contribution in [-0.4, -0.2) is 39.4 Å². The van der Waals surface area contributed by atoms with Crippen LogP contribution in [0.3, 0.4) is 0 Å². The number of rotatable bonds is 0. The van der Waals surface area contributed by atoms with Gasteiger partial charge >= 0.3 is 11.4 Å². The summed E-state index contributed by atoms with van der Waals surface area (Å²) in [7, 11) is 1.58. The fourth-order valence-corrected chi connectivity index (χ4v) is 6.43. The highest BCUT2D eigenvalue weighted by molar-refractivity contribution is 5.70. The Morgan fingerprint density at radius 3 is 2.39 bits per heavy atom. The number of ether oxygens (including phenoxy) is 1. The first-order valence-electron chi connectivity index (χ1n) is 8.32.